The normalized spacial score (nSPS) is 23.4. The average molecular weight is 382 g/mol. The molecule has 0 radical (unpaired) electrons. The Bertz CT molecular complexity index is 709. The largest absolute Gasteiger partial charge is 0.475 e. The molecule has 0 saturated heterocycles. The van der Waals surface area contributed by atoms with Crippen molar-refractivity contribution in [3.63, 3.8) is 0 Å². The molecule has 6 heteroatoms. The number of hydrogen-bond acceptors (Lipinski definition) is 6. The van der Waals surface area contributed by atoms with Gasteiger partial charge in [0.05, 0.1) is 12.5 Å². The van der Waals surface area contributed by atoms with Gasteiger partial charge in [0.1, 0.15) is 24.4 Å². The summed E-state index contributed by atoms with van der Waals surface area (Å²) < 4.78 is 21.7. The van der Waals surface area contributed by atoms with Crippen LogP contribution in [0.15, 0.2) is 85.3 Å². The van der Waals surface area contributed by atoms with E-state index in [9.17, 15) is 0 Å². The highest BCUT2D eigenvalue weighted by Gasteiger charge is 2.31. The topological polar surface area (TPSA) is 55.4 Å². The van der Waals surface area contributed by atoms with Gasteiger partial charge in [0.25, 0.3) is 0 Å². The van der Waals surface area contributed by atoms with E-state index < -0.39 is 12.2 Å². The van der Waals surface area contributed by atoms with Gasteiger partial charge in [0.2, 0.25) is 0 Å². The van der Waals surface area contributed by atoms with Gasteiger partial charge in [-0.15, -0.1) is 0 Å². The first kappa shape index (κ1) is 18.7. The predicted molar refractivity (Wildman–Crippen MR) is 100 cm³/mol. The smallest absolute Gasteiger partial charge is 0.188 e. The minimum absolute atomic E-state index is 0.168. The van der Waals surface area contributed by atoms with Gasteiger partial charge in [0.15, 0.2) is 13.6 Å². The fraction of sp³-hybridized carbons (Fsp3) is 0.273. The minimum Gasteiger partial charge on any atom is -0.475 e. The van der Waals surface area contributed by atoms with Gasteiger partial charge in [-0.25, -0.2) is 9.78 Å². The van der Waals surface area contributed by atoms with Crippen LogP contribution < -0.4 is 0 Å². The van der Waals surface area contributed by atoms with Crippen molar-refractivity contribution in [1.82, 2.24) is 0 Å². The van der Waals surface area contributed by atoms with E-state index in [4.69, 9.17) is 28.7 Å². The van der Waals surface area contributed by atoms with E-state index in [2.05, 4.69) is 0 Å². The fourth-order valence-electron chi connectivity index (χ4n) is 3.07. The summed E-state index contributed by atoms with van der Waals surface area (Å²) in [6.07, 6.45) is 5.27. The van der Waals surface area contributed by atoms with Crippen LogP contribution in [0.4, 0.5) is 0 Å². The molecule has 146 valence electrons. The summed E-state index contributed by atoms with van der Waals surface area (Å²) in [4.78, 5) is 11.9. The molecule has 2 aliphatic rings. The molecular weight excluding hydrogens is 360 g/mol. The molecule has 2 aromatic rings. The molecule has 6 nitrogen and oxygen atoms in total. The van der Waals surface area contributed by atoms with E-state index in [-0.39, 0.29) is 25.8 Å². The van der Waals surface area contributed by atoms with E-state index in [1.54, 1.807) is 12.5 Å². The lowest BCUT2D eigenvalue weighted by Gasteiger charge is -2.30. The van der Waals surface area contributed by atoms with Crippen LogP contribution >= 0.6 is 0 Å². The van der Waals surface area contributed by atoms with Gasteiger partial charge in [-0.3, -0.25) is 0 Å². The zero-order valence-electron chi connectivity index (χ0n) is 15.3. The van der Waals surface area contributed by atoms with Crippen LogP contribution in [0, 0.1) is 0 Å². The molecule has 0 aromatic heterocycles. The molecule has 0 fully saturated rings. The summed E-state index contributed by atoms with van der Waals surface area (Å²) in [5, 5.41) is 0. The first-order chi connectivity index (χ1) is 13.9. The van der Waals surface area contributed by atoms with Crippen LogP contribution in [0.3, 0.4) is 0 Å². The third kappa shape index (κ3) is 4.61. The van der Waals surface area contributed by atoms with E-state index >= 15 is 0 Å². The van der Waals surface area contributed by atoms with Crippen molar-refractivity contribution >= 4 is 0 Å². The predicted octanol–water partition coefficient (Wildman–Crippen LogP) is 4.19. The third-order valence-corrected chi connectivity index (χ3v) is 4.50. The van der Waals surface area contributed by atoms with Crippen molar-refractivity contribution in [2.75, 3.05) is 13.6 Å². The Kier molecular flexibility index (Phi) is 6.36. The molecule has 2 aromatic carbocycles. The second-order valence-corrected chi connectivity index (χ2v) is 6.34. The highest BCUT2D eigenvalue weighted by molar-refractivity contribution is 5.22. The molecule has 2 aliphatic heterocycles. The summed E-state index contributed by atoms with van der Waals surface area (Å²) in [6.45, 7) is 0.337. The summed E-state index contributed by atoms with van der Waals surface area (Å²) in [5.74, 6) is 0. The molecule has 0 aliphatic carbocycles. The molecule has 0 amide bonds. The van der Waals surface area contributed by atoms with Crippen molar-refractivity contribution in [1.29, 1.82) is 0 Å². The Morgan fingerprint density at radius 3 is 1.43 bits per heavy atom. The Hall–Kier alpha value is -2.64. The molecule has 0 bridgehead atoms. The van der Waals surface area contributed by atoms with Crippen LogP contribution in [0.5, 0.6) is 0 Å². The van der Waals surface area contributed by atoms with Crippen LogP contribution in [0.25, 0.3) is 0 Å². The molecule has 0 spiro atoms. The quantitative estimate of drug-likeness (QED) is 0.529. The first-order valence-corrected chi connectivity index (χ1v) is 9.13. The van der Waals surface area contributed by atoms with E-state index in [0.717, 1.165) is 11.1 Å². The van der Waals surface area contributed by atoms with Crippen LogP contribution in [-0.2, 0) is 28.7 Å². The molecule has 0 N–H and O–H groups in total. The van der Waals surface area contributed by atoms with E-state index in [1.807, 2.05) is 72.8 Å². The standard InChI is InChI=1S/C22H22O6/c1-3-7-17(8-4-1)21(19-11-13-23-15-25-19)27-28-22(18-9-5-2-6-10-18)20-12-14-24-16-26-20/h1-14,19-22H,15-16H2. The van der Waals surface area contributed by atoms with Crippen LogP contribution in [0.1, 0.15) is 23.3 Å². The lowest BCUT2D eigenvalue weighted by atomic mass is 10.0. The molecule has 4 rings (SSSR count). The monoisotopic (exact) mass is 382 g/mol. The Labute approximate surface area is 163 Å². The maximum absolute atomic E-state index is 5.95. The van der Waals surface area contributed by atoms with Crippen molar-refractivity contribution < 1.29 is 28.7 Å². The van der Waals surface area contributed by atoms with Crippen LogP contribution in [0.2, 0.25) is 0 Å². The highest BCUT2D eigenvalue weighted by atomic mass is 17.2. The van der Waals surface area contributed by atoms with Gasteiger partial charge >= 0.3 is 0 Å². The number of ether oxygens (including phenoxy) is 4. The van der Waals surface area contributed by atoms with E-state index in [1.165, 1.54) is 0 Å². The summed E-state index contributed by atoms with van der Waals surface area (Å²) in [7, 11) is 0. The fourth-order valence-corrected chi connectivity index (χ4v) is 3.07. The van der Waals surface area contributed by atoms with Gasteiger partial charge in [0, 0.05) is 0 Å². The minimum atomic E-state index is -0.462. The Morgan fingerprint density at radius 2 is 1.07 bits per heavy atom. The third-order valence-electron chi connectivity index (χ3n) is 4.50. The SMILES string of the molecule is C1=CC(C(OOC(c2ccccc2)C2C=COCO2)c2ccccc2)OCO1. The molecule has 2 heterocycles. The number of hydrogen-bond donors (Lipinski definition) is 0. The summed E-state index contributed by atoms with van der Waals surface area (Å²) in [5.41, 5.74) is 1.88. The summed E-state index contributed by atoms with van der Waals surface area (Å²) >= 11 is 0. The van der Waals surface area contributed by atoms with Crippen molar-refractivity contribution in [2.24, 2.45) is 0 Å². The Morgan fingerprint density at radius 1 is 0.643 bits per heavy atom. The maximum Gasteiger partial charge on any atom is 0.188 e. The number of benzene rings is 2. The molecular formula is C22H22O6. The zero-order chi connectivity index (χ0) is 19.0. The highest BCUT2D eigenvalue weighted by Crippen LogP contribution is 2.32. The van der Waals surface area contributed by atoms with Gasteiger partial charge < -0.3 is 18.9 Å². The maximum atomic E-state index is 5.95. The Balaban J connectivity index is 1.56. The van der Waals surface area contributed by atoms with Crippen molar-refractivity contribution in [3.8, 4) is 0 Å². The lowest BCUT2D eigenvalue weighted by molar-refractivity contribution is -0.382. The summed E-state index contributed by atoms with van der Waals surface area (Å²) in [6, 6.07) is 19.6. The van der Waals surface area contributed by atoms with Crippen molar-refractivity contribution in [2.45, 2.75) is 24.4 Å². The molecule has 4 atom stereocenters. The van der Waals surface area contributed by atoms with Gasteiger partial charge in [-0.2, -0.15) is 0 Å². The van der Waals surface area contributed by atoms with E-state index in [0.29, 0.717) is 0 Å². The molecule has 4 unspecified atom stereocenters. The van der Waals surface area contributed by atoms with Gasteiger partial charge in [-0.1, -0.05) is 60.7 Å². The molecule has 0 saturated carbocycles. The van der Waals surface area contributed by atoms with Crippen molar-refractivity contribution in [3.05, 3.63) is 96.5 Å². The second-order valence-electron chi connectivity index (χ2n) is 6.34. The average Bonchev–Trinajstić information content (AvgIpc) is 2.79. The lowest BCUT2D eigenvalue weighted by Crippen LogP contribution is -2.30. The van der Waals surface area contributed by atoms with Gasteiger partial charge in [-0.05, 0) is 23.3 Å². The first-order valence-electron chi connectivity index (χ1n) is 9.13. The second kappa shape index (κ2) is 9.52. The number of rotatable bonds is 7. The molecule has 28 heavy (non-hydrogen) atoms. The van der Waals surface area contributed by atoms with Crippen LogP contribution in [-0.4, -0.2) is 25.8 Å². The zero-order valence-corrected chi connectivity index (χ0v) is 15.3.